The summed E-state index contributed by atoms with van der Waals surface area (Å²) < 4.78 is 18.2. The van der Waals surface area contributed by atoms with E-state index in [2.05, 4.69) is 4.98 Å². The van der Waals surface area contributed by atoms with E-state index in [4.69, 9.17) is 4.74 Å². The molecule has 0 radical (unpaired) electrons. The van der Waals surface area contributed by atoms with Gasteiger partial charge in [0.1, 0.15) is 5.82 Å². The molecule has 0 fully saturated rings. The summed E-state index contributed by atoms with van der Waals surface area (Å²) >= 11 is 0. The highest BCUT2D eigenvalue weighted by Gasteiger charge is 2.09. The van der Waals surface area contributed by atoms with Gasteiger partial charge in [-0.2, -0.15) is 0 Å². The second-order valence-corrected chi connectivity index (χ2v) is 3.57. The molecule has 2 aromatic rings. The quantitative estimate of drug-likeness (QED) is 0.809. The van der Waals surface area contributed by atoms with Crippen molar-refractivity contribution in [3.63, 3.8) is 0 Å². The Labute approximate surface area is 92.2 Å². The normalized spacial score (nSPS) is 10.6. The first-order valence-corrected chi connectivity index (χ1v) is 5.18. The lowest BCUT2D eigenvalue weighted by Gasteiger charge is -2.01. The zero-order valence-electron chi connectivity index (χ0n) is 8.92. The highest BCUT2D eigenvalue weighted by molar-refractivity contribution is 5.88. The predicted octanol–water partition coefficient (Wildman–Crippen LogP) is 3.01. The molecule has 0 unspecified atom stereocenters. The van der Waals surface area contributed by atoms with Crippen molar-refractivity contribution in [1.29, 1.82) is 0 Å². The first-order valence-electron chi connectivity index (χ1n) is 5.18. The lowest BCUT2D eigenvalue weighted by atomic mass is 10.2. The van der Waals surface area contributed by atoms with Crippen molar-refractivity contribution >= 4 is 16.9 Å². The number of fused-ring (bicyclic) bond motifs is 1. The van der Waals surface area contributed by atoms with E-state index >= 15 is 0 Å². The number of carbonyl (C=O) groups is 1. The molecule has 1 aromatic carbocycles. The SMILES string of the molecule is CCCC(=O)Oc1c[nH]c2ccc(F)cc12. The van der Waals surface area contributed by atoms with Crippen molar-refractivity contribution in [2.24, 2.45) is 0 Å². The van der Waals surface area contributed by atoms with Crippen LogP contribution in [0.5, 0.6) is 5.75 Å². The lowest BCUT2D eigenvalue weighted by Crippen LogP contribution is -2.06. The smallest absolute Gasteiger partial charge is 0.311 e. The van der Waals surface area contributed by atoms with Gasteiger partial charge < -0.3 is 9.72 Å². The number of benzene rings is 1. The Morgan fingerprint density at radius 3 is 3.06 bits per heavy atom. The summed E-state index contributed by atoms with van der Waals surface area (Å²) in [6, 6.07) is 4.32. The monoisotopic (exact) mass is 221 g/mol. The topological polar surface area (TPSA) is 42.1 Å². The van der Waals surface area contributed by atoms with Gasteiger partial charge in [0.25, 0.3) is 0 Å². The Morgan fingerprint density at radius 1 is 1.50 bits per heavy atom. The van der Waals surface area contributed by atoms with Gasteiger partial charge in [0, 0.05) is 23.5 Å². The third-order valence-corrected chi connectivity index (χ3v) is 2.28. The maximum absolute atomic E-state index is 13.0. The van der Waals surface area contributed by atoms with Crippen LogP contribution in [0.3, 0.4) is 0 Å². The van der Waals surface area contributed by atoms with Crippen molar-refractivity contribution in [3.8, 4) is 5.75 Å². The number of halogens is 1. The van der Waals surface area contributed by atoms with Crippen LogP contribution in [-0.2, 0) is 4.79 Å². The highest BCUT2D eigenvalue weighted by atomic mass is 19.1. The number of nitrogens with one attached hydrogen (secondary N) is 1. The van der Waals surface area contributed by atoms with Gasteiger partial charge in [-0.05, 0) is 24.6 Å². The summed E-state index contributed by atoms with van der Waals surface area (Å²) in [5.74, 6) is -0.263. The van der Waals surface area contributed by atoms with E-state index in [-0.39, 0.29) is 11.8 Å². The summed E-state index contributed by atoms with van der Waals surface area (Å²) in [5, 5.41) is 0.587. The highest BCUT2D eigenvalue weighted by Crippen LogP contribution is 2.26. The molecule has 0 spiro atoms. The first kappa shape index (κ1) is 10.7. The van der Waals surface area contributed by atoms with Gasteiger partial charge in [-0.15, -0.1) is 0 Å². The molecule has 0 atom stereocenters. The van der Waals surface area contributed by atoms with Crippen molar-refractivity contribution in [3.05, 3.63) is 30.2 Å². The van der Waals surface area contributed by atoms with E-state index in [1.807, 2.05) is 6.92 Å². The molecular formula is C12H12FNO2. The molecule has 0 aliphatic heterocycles. The number of hydrogen-bond acceptors (Lipinski definition) is 2. The Balaban J connectivity index is 2.30. The van der Waals surface area contributed by atoms with Crippen LogP contribution in [-0.4, -0.2) is 11.0 Å². The standard InChI is InChI=1S/C12H12FNO2/c1-2-3-12(15)16-11-7-14-10-5-4-8(13)6-9(10)11/h4-7,14H,2-3H2,1H3. The van der Waals surface area contributed by atoms with Crippen LogP contribution in [0.15, 0.2) is 24.4 Å². The fourth-order valence-electron chi connectivity index (χ4n) is 1.53. The average Bonchev–Trinajstić information content (AvgIpc) is 2.61. The number of H-pyrrole nitrogens is 1. The third kappa shape index (κ3) is 2.05. The maximum Gasteiger partial charge on any atom is 0.311 e. The van der Waals surface area contributed by atoms with Crippen LogP contribution < -0.4 is 4.74 Å². The van der Waals surface area contributed by atoms with Gasteiger partial charge in [0.2, 0.25) is 0 Å². The molecule has 2 rings (SSSR count). The van der Waals surface area contributed by atoms with Crippen LogP contribution in [0.25, 0.3) is 10.9 Å². The Kier molecular flexibility index (Phi) is 2.90. The molecule has 16 heavy (non-hydrogen) atoms. The number of esters is 1. The predicted molar refractivity (Wildman–Crippen MR) is 58.8 cm³/mol. The number of aromatic amines is 1. The summed E-state index contributed by atoms with van der Waals surface area (Å²) in [4.78, 5) is 14.2. The molecule has 0 aliphatic rings. The van der Waals surface area contributed by atoms with Crippen LogP contribution in [0.4, 0.5) is 4.39 Å². The van der Waals surface area contributed by atoms with Gasteiger partial charge in [-0.3, -0.25) is 4.79 Å². The Hall–Kier alpha value is -1.84. The van der Waals surface area contributed by atoms with E-state index in [0.29, 0.717) is 17.6 Å². The van der Waals surface area contributed by atoms with Gasteiger partial charge in [-0.25, -0.2) is 4.39 Å². The molecule has 0 bridgehead atoms. The second kappa shape index (κ2) is 4.35. The molecule has 84 valence electrons. The number of rotatable bonds is 3. The fraction of sp³-hybridized carbons (Fsp3) is 0.250. The summed E-state index contributed by atoms with van der Waals surface area (Å²) in [7, 11) is 0. The van der Waals surface area contributed by atoms with Gasteiger partial charge >= 0.3 is 5.97 Å². The van der Waals surface area contributed by atoms with Crippen LogP contribution in [0, 0.1) is 5.82 Å². The van der Waals surface area contributed by atoms with Gasteiger partial charge in [-0.1, -0.05) is 6.92 Å². The number of carbonyl (C=O) groups excluding carboxylic acids is 1. The van der Waals surface area contributed by atoms with Crippen molar-refractivity contribution in [2.45, 2.75) is 19.8 Å². The van der Waals surface area contributed by atoms with E-state index in [9.17, 15) is 9.18 Å². The number of aromatic nitrogens is 1. The molecular weight excluding hydrogens is 209 g/mol. The van der Waals surface area contributed by atoms with Gasteiger partial charge in [0.15, 0.2) is 5.75 Å². The molecule has 0 saturated heterocycles. The van der Waals surface area contributed by atoms with Crippen molar-refractivity contribution < 1.29 is 13.9 Å². The first-order chi connectivity index (χ1) is 7.70. The fourth-order valence-corrected chi connectivity index (χ4v) is 1.53. The minimum Gasteiger partial charge on any atom is -0.424 e. The molecule has 0 aliphatic carbocycles. The van der Waals surface area contributed by atoms with Gasteiger partial charge in [0.05, 0.1) is 0 Å². The zero-order valence-corrected chi connectivity index (χ0v) is 8.92. The molecule has 0 saturated carbocycles. The number of ether oxygens (including phenoxy) is 1. The minimum absolute atomic E-state index is 0.298. The minimum atomic E-state index is -0.347. The maximum atomic E-state index is 13.0. The largest absolute Gasteiger partial charge is 0.424 e. The molecule has 1 N–H and O–H groups in total. The lowest BCUT2D eigenvalue weighted by molar-refractivity contribution is -0.134. The summed E-state index contributed by atoms with van der Waals surface area (Å²) in [6.45, 7) is 1.90. The molecule has 1 aromatic heterocycles. The molecule has 4 heteroatoms. The van der Waals surface area contributed by atoms with Crippen LogP contribution >= 0.6 is 0 Å². The van der Waals surface area contributed by atoms with E-state index < -0.39 is 0 Å². The Bertz CT molecular complexity index is 519. The zero-order chi connectivity index (χ0) is 11.5. The molecule has 1 heterocycles. The summed E-state index contributed by atoms with van der Waals surface area (Å²) in [5.41, 5.74) is 0.751. The Morgan fingerprint density at radius 2 is 2.31 bits per heavy atom. The molecule has 3 nitrogen and oxygen atoms in total. The molecule has 0 amide bonds. The van der Waals surface area contributed by atoms with Crippen LogP contribution in [0.2, 0.25) is 0 Å². The van der Waals surface area contributed by atoms with Crippen LogP contribution in [0.1, 0.15) is 19.8 Å². The average molecular weight is 221 g/mol. The van der Waals surface area contributed by atoms with Crippen molar-refractivity contribution in [2.75, 3.05) is 0 Å². The van der Waals surface area contributed by atoms with E-state index in [1.54, 1.807) is 12.3 Å². The number of hydrogen-bond donors (Lipinski definition) is 1. The third-order valence-electron chi connectivity index (χ3n) is 2.28. The van der Waals surface area contributed by atoms with Crippen molar-refractivity contribution in [1.82, 2.24) is 4.98 Å². The van der Waals surface area contributed by atoms with E-state index in [0.717, 1.165) is 11.9 Å². The second-order valence-electron chi connectivity index (χ2n) is 3.57. The van der Waals surface area contributed by atoms with E-state index in [1.165, 1.54) is 12.1 Å². The summed E-state index contributed by atoms with van der Waals surface area (Å²) in [6.07, 6.45) is 2.66.